The highest BCUT2D eigenvalue weighted by Gasteiger charge is 2.40. The van der Waals surface area contributed by atoms with E-state index < -0.39 is 0 Å². The Morgan fingerprint density at radius 2 is 0.413 bits per heavy atom. The van der Waals surface area contributed by atoms with E-state index >= 15 is 0 Å². The highest BCUT2D eigenvalue weighted by atomic mass is 15.1. The average Bonchev–Trinajstić information content (AvgIpc) is 1.57. The maximum absolute atomic E-state index is 2.46. The predicted octanol–water partition coefficient (Wildman–Crippen LogP) is 28.4. The fourth-order valence-corrected chi connectivity index (χ4v) is 18.4. The molecule has 2 heterocycles. The Morgan fingerprint density at radius 3 is 0.743 bits per heavy atom. The summed E-state index contributed by atoms with van der Waals surface area (Å²) in [5.41, 5.74) is 37.1. The van der Waals surface area contributed by atoms with Crippen LogP contribution in [0.4, 0.5) is 34.1 Å². The zero-order valence-corrected chi connectivity index (χ0v) is 62.1. The number of hydrogen-bond donors (Lipinski definition) is 0. The largest absolute Gasteiger partial charge is 0.310 e. The number of anilines is 6. The molecule has 0 atom stereocenters. The van der Waals surface area contributed by atoms with Crippen molar-refractivity contribution in [3.8, 4) is 78.1 Å². The number of aromatic nitrogens is 2. The van der Waals surface area contributed by atoms with Gasteiger partial charge in [-0.15, -0.1) is 0 Å². The van der Waals surface area contributed by atoms with Gasteiger partial charge in [-0.05, 0) is 221 Å². The van der Waals surface area contributed by atoms with Crippen molar-refractivity contribution >= 4 is 77.7 Å². The van der Waals surface area contributed by atoms with Gasteiger partial charge >= 0.3 is 0 Å². The van der Waals surface area contributed by atoms with Crippen molar-refractivity contribution in [1.82, 2.24) is 9.13 Å². The Hall–Kier alpha value is -13.3. The van der Waals surface area contributed by atoms with E-state index in [0.717, 1.165) is 28.4 Å². The highest BCUT2D eigenvalue weighted by molar-refractivity contribution is 6.10. The molecule has 0 spiro atoms. The molecule has 0 bridgehead atoms. The summed E-state index contributed by atoms with van der Waals surface area (Å²) in [4.78, 5) is 4.85. The zero-order chi connectivity index (χ0) is 73.3. The minimum atomic E-state index is -0.208. The minimum absolute atomic E-state index is 0.0968. The number of para-hydroxylation sites is 4. The van der Waals surface area contributed by atoms with Crippen LogP contribution in [-0.2, 0) is 16.2 Å². The van der Waals surface area contributed by atoms with Crippen molar-refractivity contribution in [3.05, 3.63) is 409 Å². The molecule has 0 N–H and O–H groups in total. The van der Waals surface area contributed by atoms with E-state index in [1.807, 2.05) is 0 Å². The molecule has 0 fully saturated rings. The van der Waals surface area contributed by atoms with Crippen LogP contribution in [0.15, 0.2) is 376 Å². The van der Waals surface area contributed by atoms with Gasteiger partial charge in [0.2, 0.25) is 0 Å². The van der Waals surface area contributed by atoms with Crippen molar-refractivity contribution in [2.45, 2.75) is 57.8 Å². The normalized spacial score (nSPS) is 13.6. The van der Waals surface area contributed by atoms with E-state index in [9.17, 15) is 0 Å². The van der Waals surface area contributed by atoms with Crippen LogP contribution < -0.4 is 9.80 Å². The van der Waals surface area contributed by atoms with Gasteiger partial charge in [0, 0.05) is 83.3 Å². The summed E-state index contributed by atoms with van der Waals surface area (Å²) >= 11 is 0. The molecule has 16 aromatic carbocycles. The van der Waals surface area contributed by atoms with Gasteiger partial charge in [0.25, 0.3) is 0 Å². The van der Waals surface area contributed by atoms with Gasteiger partial charge < -0.3 is 18.9 Å². The van der Waals surface area contributed by atoms with Gasteiger partial charge in [0.1, 0.15) is 0 Å². The molecule has 0 saturated carbocycles. The zero-order valence-electron chi connectivity index (χ0n) is 62.1. The van der Waals surface area contributed by atoms with Crippen molar-refractivity contribution in [2.24, 2.45) is 0 Å². The van der Waals surface area contributed by atoms with E-state index in [4.69, 9.17) is 0 Å². The van der Waals surface area contributed by atoms with Crippen molar-refractivity contribution < 1.29 is 0 Å². The van der Waals surface area contributed by atoms with E-state index in [1.165, 1.54) is 161 Å². The summed E-state index contributed by atoms with van der Waals surface area (Å²) in [6, 6.07) is 138. The molecule has 0 amide bonds. The van der Waals surface area contributed by atoms with Crippen LogP contribution in [0.5, 0.6) is 0 Å². The highest BCUT2D eigenvalue weighted by Crippen LogP contribution is 2.56. The molecule has 0 aliphatic heterocycles. The number of benzene rings is 16. The Labute approximate surface area is 638 Å². The molecular formula is C105H80N4. The third kappa shape index (κ3) is 10.6. The first-order valence-corrected chi connectivity index (χ1v) is 38.2. The fourth-order valence-electron chi connectivity index (χ4n) is 18.4. The maximum atomic E-state index is 2.46. The smallest absolute Gasteiger partial charge is 0.0541 e. The second kappa shape index (κ2) is 25.5. The molecule has 4 nitrogen and oxygen atoms in total. The molecule has 0 saturated heterocycles. The quantitative estimate of drug-likeness (QED) is 0.128. The molecule has 109 heavy (non-hydrogen) atoms. The van der Waals surface area contributed by atoms with E-state index in [1.54, 1.807) is 0 Å². The molecule has 3 aliphatic rings. The Bertz CT molecular complexity index is 6400. The number of fused-ring (bicyclic) bond motifs is 15. The topological polar surface area (TPSA) is 16.3 Å². The molecule has 0 radical (unpaired) electrons. The standard InChI is InChI=1S/C54H42N2.C51H38N2/c1-53(2)47-19-11-8-16-41(47)42-29-26-38(32-48(42)53)55(37-24-22-36(23-25-37)35-14-6-5-7-15-35)39-27-30-43-44-31-28-40(34-50(44)54(3,4)49(43)33-39)56-51-20-12-9-17-45(51)46-18-10-13-21-52(46)56;1-51(2)47-33-41(29-31-43(47)44-32-30-42(34-48(44)51)53-49-19-11-9-17-45(49)46-18-10-12-20-50(46)53)52(39-25-21-37(22-26-39)35-13-5-3-6-14-35)40-27-23-38(24-28-40)36-15-7-4-8-16-36/h5-34H,1-4H3;3-34H,1-2H3. The summed E-state index contributed by atoms with van der Waals surface area (Å²) in [5, 5.41) is 5.13. The summed E-state index contributed by atoms with van der Waals surface area (Å²) in [6.07, 6.45) is 0. The van der Waals surface area contributed by atoms with Gasteiger partial charge in [-0.1, -0.05) is 296 Å². The second-order valence-electron chi connectivity index (χ2n) is 31.2. The Balaban J connectivity index is 0.000000143. The monoisotopic (exact) mass is 1400 g/mol. The lowest BCUT2D eigenvalue weighted by molar-refractivity contribution is 0.659. The van der Waals surface area contributed by atoms with Crippen LogP contribution in [0, 0.1) is 0 Å². The molecule has 4 heteroatoms. The predicted molar refractivity (Wildman–Crippen MR) is 460 cm³/mol. The van der Waals surface area contributed by atoms with Gasteiger partial charge in [0.15, 0.2) is 0 Å². The lowest BCUT2D eigenvalue weighted by Gasteiger charge is -2.30. The van der Waals surface area contributed by atoms with Gasteiger partial charge in [-0.3, -0.25) is 0 Å². The molecule has 21 rings (SSSR count). The van der Waals surface area contributed by atoms with E-state index in [2.05, 4.69) is 437 Å². The third-order valence-corrected chi connectivity index (χ3v) is 24.0. The van der Waals surface area contributed by atoms with Crippen LogP contribution in [0.1, 0.15) is 74.9 Å². The maximum Gasteiger partial charge on any atom is 0.0541 e. The first-order chi connectivity index (χ1) is 53.3. The SMILES string of the molecule is CC1(C)c2cc(N(c3ccc(-c4ccccc4)cc3)c3ccc(-c4ccccc4)cc3)ccc2-c2ccc(-n3c4ccccc4c4ccccc43)cc21.CC1(C)c2ccccc2-c2ccc(N(c3ccc(-c4ccccc4)cc3)c3ccc4c(c3)C(C)(C)c3cc(-n5c6ccccc6c6ccccc65)ccc3-4)cc21. The fraction of sp³-hybridized carbons (Fsp3) is 0.0857. The first kappa shape index (κ1) is 65.3. The van der Waals surface area contributed by atoms with Crippen LogP contribution in [-0.4, -0.2) is 9.13 Å². The molecule has 18 aromatic rings. The van der Waals surface area contributed by atoms with Crippen LogP contribution >= 0.6 is 0 Å². The third-order valence-electron chi connectivity index (χ3n) is 24.0. The van der Waals surface area contributed by atoms with Crippen molar-refractivity contribution in [3.63, 3.8) is 0 Å². The van der Waals surface area contributed by atoms with Gasteiger partial charge in [-0.25, -0.2) is 0 Å². The van der Waals surface area contributed by atoms with E-state index in [0.29, 0.717) is 0 Å². The lowest BCUT2D eigenvalue weighted by Crippen LogP contribution is -2.18. The first-order valence-electron chi connectivity index (χ1n) is 38.2. The van der Waals surface area contributed by atoms with Crippen LogP contribution in [0.3, 0.4) is 0 Å². The molecule has 3 aliphatic carbocycles. The average molecular weight is 1400 g/mol. The second-order valence-corrected chi connectivity index (χ2v) is 31.2. The minimum Gasteiger partial charge on any atom is -0.310 e. The van der Waals surface area contributed by atoms with Crippen molar-refractivity contribution in [2.75, 3.05) is 9.80 Å². The summed E-state index contributed by atoms with van der Waals surface area (Å²) in [6.45, 7) is 14.3. The van der Waals surface area contributed by atoms with Crippen LogP contribution in [0.2, 0.25) is 0 Å². The van der Waals surface area contributed by atoms with Gasteiger partial charge in [-0.2, -0.15) is 0 Å². The summed E-state index contributed by atoms with van der Waals surface area (Å²) in [7, 11) is 0. The van der Waals surface area contributed by atoms with Crippen LogP contribution in [0.25, 0.3) is 122 Å². The summed E-state index contributed by atoms with van der Waals surface area (Å²) in [5.74, 6) is 0. The van der Waals surface area contributed by atoms with Gasteiger partial charge in [0.05, 0.1) is 22.1 Å². The number of hydrogen-bond acceptors (Lipinski definition) is 2. The molecule has 520 valence electrons. The molecular weight excluding hydrogens is 1320 g/mol. The Kier molecular flexibility index (Phi) is 15.3. The summed E-state index contributed by atoms with van der Waals surface area (Å²) < 4.78 is 4.86. The molecule has 0 unspecified atom stereocenters. The Morgan fingerprint density at radius 1 is 0.183 bits per heavy atom. The number of rotatable bonds is 11. The molecule has 2 aromatic heterocycles. The number of nitrogens with zero attached hydrogens (tertiary/aromatic N) is 4. The van der Waals surface area contributed by atoms with Crippen molar-refractivity contribution in [1.29, 1.82) is 0 Å². The van der Waals surface area contributed by atoms with E-state index in [-0.39, 0.29) is 16.2 Å². The lowest BCUT2D eigenvalue weighted by atomic mass is 9.82.